The highest BCUT2D eigenvalue weighted by Gasteiger charge is 2.25. The van der Waals surface area contributed by atoms with Crippen molar-refractivity contribution in [2.24, 2.45) is 0 Å². The molecule has 5 nitrogen and oxygen atoms in total. The molecule has 0 aliphatic carbocycles. The molecule has 1 fully saturated rings. The first-order valence-corrected chi connectivity index (χ1v) is 8.06. The van der Waals surface area contributed by atoms with Crippen LogP contribution in [0.3, 0.4) is 0 Å². The second kappa shape index (κ2) is 7.46. The first-order valence-electron chi connectivity index (χ1n) is 6.86. The number of piperidine rings is 1. The maximum absolute atomic E-state index is 12.4. The van der Waals surface area contributed by atoms with Crippen molar-refractivity contribution in [2.75, 3.05) is 20.1 Å². The summed E-state index contributed by atoms with van der Waals surface area (Å²) >= 11 is 7.31. The van der Waals surface area contributed by atoms with Gasteiger partial charge in [0, 0.05) is 25.2 Å². The molecule has 0 bridgehead atoms. The van der Waals surface area contributed by atoms with E-state index in [-0.39, 0.29) is 18.3 Å². The van der Waals surface area contributed by atoms with Gasteiger partial charge in [0.1, 0.15) is 0 Å². The summed E-state index contributed by atoms with van der Waals surface area (Å²) in [6.45, 7) is 1.49. The summed E-state index contributed by atoms with van der Waals surface area (Å²) in [6.07, 6.45) is 1.93. The zero-order chi connectivity index (χ0) is 14.8. The summed E-state index contributed by atoms with van der Waals surface area (Å²) < 4.78 is 5.94. The van der Waals surface area contributed by atoms with E-state index < -0.39 is 0 Å². The van der Waals surface area contributed by atoms with Crippen LogP contribution < -0.4 is 5.32 Å². The zero-order valence-electron chi connectivity index (χ0n) is 12.0. The molecule has 2 aromatic rings. The molecule has 1 saturated heterocycles. The Kier molecular flexibility index (Phi) is 5.86. The molecule has 0 radical (unpaired) electrons. The van der Waals surface area contributed by atoms with Crippen LogP contribution in [0.5, 0.6) is 0 Å². The van der Waals surface area contributed by atoms with E-state index in [4.69, 9.17) is 16.1 Å². The maximum atomic E-state index is 12.4. The minimum atomic E-state index is -0.0674. The van der Waals surface area contributed by atoms with Gasteiger partial charge in [-0.2, -0.15) is 0 Å². The fourth-order valence-electron chi connectivity index (χ4n) is 2.47. The molecule has 120 valence electrons. The zero-order valence-corrected chi connectivity index (χ0v) is 14.4. The van der Waals surface area contributed by atoms with E-state index >= 15 is 0 Å². The predicted octanol–water partition coefficient (Wildman–Crippen LogP) is 3.30. The van der Waals surface area contributed by atoms with Crippen molar-refractivity contribution in [2.45, 2.75) is 18.9 Å². The largest absolute Gasteiger partial charge is 0.355 e. The van der Waals surface area contributed by atoms with Gasteiger partial charge < -0.3 is 14.7 Å². The molecule has 1 aliphatic heterocycles. The molecule has 1 aliphatic rings. The van der Waals surface area contributed by atoms with E-state index in [1.165, 1.54) is 11.3 Å². The van der Waals surface area contributed by atoms with Crippen LogP contribution in [0.4, 0.5) is 0 Å². The quantitative estimate of drug-likeness (QED) is 0.910. The third-order valence-electron chi connectivity index (χ3n) is 3.74. The highest BCUT2D eigenvalue weighted by molar-refractivity contribution is 7.19. The van der Waals surface area contributed by atoms with Crippen molar-refractivity contribution < 1.29 is 9.32 Å². The number of nitrogens with zero attached hydrogens (tertiary/aromatic N) is 2. The highest BCUT2D eigenvalue weighted by Crippen LogP contribution is 2.31. The molecule has 1 N–H and O–H groups in total. The average molecular weight is 362 g/mol. The summed E-state index contributed by atoms with van der Waals surface area (Å²) in [5, 5.41) is 7.15. The van der Waals surface area contributed by atoms with Crippen LogP contribution in [0.2, 0.25) is 4.34 Å². The average Bonchev–Trinajstić information content (AvgIpc) is 3.15. The number of thiophene rings is 1. The Morgan fingerprint density at radius 1 is 1.45 bits per heavy atom. The second-order valence-corrected chi connectivity index (χ2v) is 6.75. The number of nitrogens with one attached hydrogen (secondary N) is 1. The standard InChI is InChI=1S/C14H16ClN3O2S.ClH/c1-16-9-4-6-18(7-5-9)14(19)10-8-11(20-17-10)12-2-3-13(15)21-12;/h2-3,8-9,16H,4-7H2,1H3;1H. The highest BCUT2D eigenvalue weighted by atomic mass is 35.5. The topological polar surface area (TPSA) is 58.4 Å². The van der Waals surface area contributed by atoms with E-state index in [9.17, 15) is 4.79 Å². The number of carbonyl (C=O) groups is 1. The van der Waals surface area contributed by atoms with E-state index in [1.54, 1.807) is 12.1 Å². The van der Waals surface area contributed by atoms with Crippen molar-refractivity contribution in [3.63, 3.8) is 0 Å². The third-order valence-corrected chi connectivity index (χ3v) is 4.98. The molecule has 8 heteroatoms. The van der Waals surface area contributed by atoms with Gasteiger partial charge in [-0.05, 0) is 32.0 Å². The van der Waals surface area contributed by atoms with Crippen molar-refractivity contribution in [1.82, 2.24) is 15.4 Å². The predicted molar refractivity (Wildman–Crippen MR) is 90.1 cm³/mol. The smallest absolute Gasteiger partial charge is 0.276 e. The van der Waals surface area contributed by atoms with Gasteiger partial charge in [-0.25, -0.2) is 0 Å². The van der Waals surface area contributed by atoms with Crippen molar-refractivity contribution in [3.8, 4) is 10.6 Å². The minimum Gasteiger partial charge on any atom is -0.355 e. The molecular weight excluding hydrogens is 345 g/mol. The van der Waals surface area contributed by atoms with Crippen LogP contribution in [0.1, 0.15) is 23.3 Å². The van der Waals surface area contributed by atoms with Gasteiger partial charge in [-0.15, -0.1) is 23.7 Å². The van der Waals surface area contributed by atoms with Crippen LogP contribution in [0, 0.1) is 0 Å². The van der Waals surface area contributed by atoms with Crippen molar-refractivity contribution >= 4 is 41.3 Å². The Morgan fingerprint density at radius 2 is 2.18 bits per heavy atom. The molecule has 0 spiro atoms. The molecule has 3 heterocycles. The van der Waals surface area contributed by atoms with E-state index in [2.05, 4.69) is 10.5 Å². The Bertz CT molecular complexity index is 636. The summed E-state index contributed by atoms with van der Waals surface area (Å²) in [7, 11) is 1.96. The molecule has 0 saturated carbocycles. The van der Waals surface area contributed by atoms with Crippen LogP contribution >= 0.6 is 35.3 Å². The molecule has 1 amide bonds. The van der Waals surface area contributed by atoms with Gasteiger partial charge in [0.15, 0.2) is 11.5 Å². The van der Waals surface area contributed by atoms with Gasteiger partial charge in [0.2, 0.25) is 0 Å². The van der Waals surface area contributed by atoms with Crippen LogP contribution in [0.15, 0.2) is 22.7 Å². The second-order valence-electron chi connectivity index (χ2n) is 5.04. The molecular formula is C14H17Cl2N3O2S. The molecule has 2 aromatic heterocycles. The molecule has 3 rings (SSSR count). The minimum absolute atomic E-state index is 0. The number of likely N-dealkylation sites (tertiary alicyclic amines) is 1. The molecule has 0 atom stereocenters. The molecule has 0 aromatic carbocycles. The van der Waals surface area contributed by atoms with Crippen LogP contribution in [-0.2, 0) is 0 Å². The summed E-state index contributed by atoms with van der Waals surface area (Å²) in [5.41, 5.74) is 0.359. The first-order chi connectivity index (χ1) is 10.2. The fraction of sp³-hybridized carbons (Fsp3) is 0.429. The van der Waals surface area contributed by atoms with E-state index in [1.807, 2.05) is 18.0 Å². The van der Waals surface area contributed by atoms with Crippen molar-refractivity contribution in [1.29, 1.82) is 0 Å². The summed E-state index contributed by atoms with van der Waals surface area (Å²) in [6, 6.07) is 5.85. The Labute approximate surface area is 144 Å². The number of rotatable bonds is 3. The molecule has 22 heavy (non-hydrogen) atoms. The number of amides is 1. The Hall–Kier alpha value is -1.08. The Morgan fingerprint density at radius 3 is 2.77 bits per heavy atom. The monoisotopic (exact) mass is 361 g/mol. The normalized spacial score (nSPS) is 15.6. The van der Waals surface area contributed by atoms with Crippen molar-refractivity contribution in [3.05, 3.63) is 28.2 Å². The first kappa shape index (κ1) is 17.3. The third kappa shape index (κ3) is 3.63. The number of carbonyl (C=O) groups excluding carboxylic acids is 1. The SMILES string of the molecule is CNC1CCN(C(=O)c2cc(-c3ccc(Cl)s3)on2)CC1.Cl. The Balaban J connectivity index is 0.00000176. The lowest BCUT2D eigenvalue weighted by Crippen LogP contribution is -2.44. The van der Waals surface area contributed by atoms with Gasteiger partial charge in [-0.1, -0.05) is 16.8 Å². The number of hydrogen-bond acceptors (Lipinski definition) is 5. The van der Waals surface area contributed by atoms with Gasteiger partial charge in [-0.3, -0.25) is 4.79 Å². The lowest BCUT2D eigenvalue weighted by atomic mass is 10.1. The fourth-order valence-corrected chi connectivity index (χ4v) is 3.46. The summed E-state index contributed by atoms with van der Waals surface area (Å²) in [5.74, 6) is 0.516. The lowest BCUT2D eigenvalue weighted by Gasteiger charge is -2.31. The summed E-state index contributed by atoms with van der Waals surface area (Å²) in [4.78, 5) is 15.1. The lowest BCUT2D eigenvalue weighted by molar-refractivity contribution is 0.0697. The number of halogens is 2. The number of aromatic nitrogens is 1. The van der Waals surface area contributed by atoms with Crippen LogP contribution in [-0.4, -0.2) is 42.1 Å². The molecule has 0 unspecified atom stereocenters. The number of hydrogen-bond donors (Lipinski definition) is 1. The van der Waals surface area contributed by atoms with Gasteiger partial charge in [0.05, 0.1) is 9.21 Å². The van der Waals surface area contributed by atoms with E-state index in [0.717, 1.165) is 30.8 Å². The van der Waals surface area contributed by atoms with Crippen LogP contribution in [0.25, 0.3) is 10.6 Å². The van der Waals surface area contributed by atoms with E-state index in [0.29, 0.717) is 21.8 Å². The maximum Gasteiger partial charge on any atom is 0.276 e. The van der Waals surface area contributed by atoms with Gasteiger partial charge in [0.25, 0.3) is 5.91 Å². The van der Waals surface area contributed by atoms with Gasteiger partial charge >= 0.3 is 0 Å².